The minimum absolute atomic E-state index is 0.0244. The largest absolute Gasteiger partial charge is 0.345 e. The van der Waals surface area contributed by atoms with E-state index in [1.54, 1.807) is 28.2 Å². The molecule has 0 saturated carbocycles. The molecule has 2 N–H and O–H groups in total. The number of hydrogen-bond acceptors (Lipinski definition) is 4. The first-order chi connectivity index (χ1) is 9.19. The Hall–Kier alpha value is -1.38. The number of hydrogen-bond donors (Lipinski definition) is 2. The van der Waals surface area contributed by atoms with Gasteiger partial charge in [-0.15, -0.1) is 0 Å². The van der Waals surface area contributed by atoms with E-state index in [4.69, 9.17) is 0 Å². The van der Waals surface area contributed by atoms with Gasteiger partial charge in [-0.05, 0) is 20.0 Å². The van der Waals surface area contributed by atoms with Gasteiger partial charge in [-0.25, -0.2) is 13.1 Å². The second-order valence-corrected chi connectivity index (χ2v) is 6.68. The predicted molar refractivity (Wildman–Crippen MR) is 77.1 cm³/mol. The molecule has 1 aromatic rings. The SMILES string of the molecule is CNC(C)CNS(=O)(=O)c1cc(C(=O)N(C)C)n(C)c1. The first-order valence-electron chi connectivity index (χ1n) is 6.24. The molecule has 1 atom stereocenters. The van der Waals surface area contributed by atoms with Crippen molar-refractivity contribution >= 4 is 15.9 Å². The van der Waals surface area contributed by atoms with Crippen molar-refractivity contribution in [1.82, 2.24) is 19.5 Å². The molecule has 1 aromatic heterocycles. The third-order valence-electron chi connectivity index (χ3n) is 2.99. The number of aromatic nitrogens is 1. The van der Waals surface area contributed by atoms with Crippen molar-refractivity contribution in [2.24, 2.45) is 7.05 Å². The Labute approximate surface area is 120 Å². The van der Waals surface area contributed by atoms with Gasteiger partial charge >= 0.3 is 0 Å². The number of carbonyl (C=O) groups is 1. The van der Waals surface area contributed by atoms with E-state index in [0.717, 1.165) is 0 Å². The van der Waals surface area contributed by atoms with Crippen LogP contribution in [0.3, 0.4) is 0 Å². The van der Waals surface area contributed by atoms with Gasteiger partial charge in [0.2, 0.25) is 10.0 Å². The van der Waals surface area contributed by atoms with Gasteiger partial charge in [0.05, 0.1) is 0 Å². The highest BCUT2D eigenvalue weighted by atomic mass is 32.2. The van der Waals surface area contributed by atoms with E-state index in [1.807, 2.05) is 6.92 Å². The molecule has 7 nitrogen and oxygen atoms in total. The van der Waals surface area contributed by atoms with E-state index < -0.39 is 10.0 Å². The highest BCUT2D eigenvalue weighted by Crippen LogP contribution is 2.14. The zero-order valence-electron chi connectivity index (χ0n) is 12.5. The van der Waals surface area contributed by atoms with E-state index in [0.29, 0.717) is 5.69 Å². The molecule has 20 heavy (non-hydrogen) atoms. The number of rotatable bonds is 6. The van der Waals surface area contributed by atoms with Gasteiger partial charge in [0.1, 0.15) is 10.6 Å². The molecular weight excluding hydrogens is 280 g/mol. The maximum absolute atomic E-state index is 12.1. The molecule has 1 heterocycles. The van der Waals surface area contributed by atoms with E-state index in [-0.39, 0.29) is 23.4 Å². The Morgan fingerprint density at radius 2 is 2.05 bits per heavy atom. The summed E-state index contributed by atoms with van der Waals surface area (Å²) in [5, 5.41) is 2.95. The summed E-state index contributed by atoms with van der Waals surface area (Å²) in [5.41, 5.74) is 0.331. The molecule has 0 aliphatic rings. The van der Waals surface area contributed by atoms with Gasteiger partial charge in [0.25, 0.3) is 5.91 Å². The van der Waals surface area contributed by atoms with E-state index in [9.17, 15) is 13.2 Å². The van der Waals surface area contributed by atoms with Crippen LogP contribution in [-0.2, 0) is 17.1 Å². The van der Waals surface area contributed by atoms with E-state index in [1.165, 1.54) is 21.7 Å². The van der Waals surface area contributed by atoms with Crippen LogP contribution < -0.4 is 10.0 Å². The van der Waals surface area contributed by atoms with Crippen LogP contribution in [0.25, 0.3) is 0 Å². The number of carbonyl (C=O) groups excluding carboxylic acids is 1. The van der Waals surface area contributed by atoms with Crippen LogP contribution >= 0.6 is 0 Å². The zero-order chi connectivity index (χ0) is 15.5. The molecule has 1 rings (SSSR count). The minimum atomic E-state index is -3.61. The van der Waals surface area contributed by atoms with E-state index >= 15 is 0 Å². The quantitative estimate of drug-likeness (QED) is 0.750. The van der Waals surface area contributed by atoms with Gasteiger partial charge in [0, 0.05) is 39.9 Å². The Morgan fingerprint density at radius 1 is 1.45 bits per heavy atom. The van der Waals surface area contributed by atoms with Gasteiger partial charge in [-0.1, -0.05) is 0 Å². The summed E-state index contributed by atoms with van der Waals surface area (Å²) in [5.74, 6) is -0.238. The number of aryl methyl sites for hydroxylation is 1. The summed E-state index contributed by atoms with van der Waals surface area (Å²) in [6.45, 7) is 2.15. The number of sulfonamides is 1. The van der Waals surface area contributed by atoms with Crippen LogP contribution in [0.4, 0.5) is 0 Å². The number of nitrogens with zero attached hydrogens (tertiary/aromatic N) is 2. The second kappa shape index (κ2) is 6.38. The van der Waals surface area contributed by atoms with E-state index in [2.05, 4.69) is 10.0 Å². The average molecular weight is 302 g/mol. The molecule has 0 aromatic carbocycles. The highest BCUT2D eigenvalue weighted by Gasteiger charge is 2.21. The van der Waals surface area contributed by atoms with Crippen LogP contribution in [0, 0.1) is 0 Å². The second-order valence-electron chi connectivity index (χ2n) is 4.91. The molecule has 0 fully saturated rings. The monoisotopic (exact) mass is 302 g/mol. The summed E-state index contributed by atoms with van der Waals surface area (Å²) in [6.07, 6.45) is 1.43. The zero-order valence-corrected chi connectivity index (χ0v) is 13.3. The average Bonchev–Trinajstić information content (AvgIpc) is 2.77. The third kappa shape index (κ3) is 3.81. The maximum Gasteiger partial charge on any atom is 0.269 e. The smallest absolute Gasteiger partial charge is 0.269 e. The van der Waals surface area contributed by atoms with Crippen molar-refractivity contribution in [1.29, 1.82) is 0 Å². The molecule has 1 amide bonds. The third-order valence-corrected chi connectivity index (χ3v) is 4.38. The summed E-state index contributed by atoms with van der Waals surface area (Å²) in [6, 6.07) is 1.41. The standard InChI is InChI=1S/C12H22N4O3S/c1-9(13-2)7-14-20(18,19)10-6-11(16(5)8-10)12(17)15(3)4/h6,8-9,13-14H,7H2,1-5H3. The lowest BCUT2D eigenvalue weighted by Crippen LogP contribution is -2.37. The molecule has 0 radical (unpaired) electrons. The summed E-state index contributed by atoms with van der Waals surface area (Å²) in [4.78, 5) is 13.4. The Bertz CT molecular complexity index is 578. The van der Waals surface area contributed by atoms with Gasteiger partial charge in [-0.2, -0.15) is 0 Å². The van der Waals surface area contributed by atoms with Gasteiger partial charge in [0.15, 0.2) is 0 Å². The van der Waals surface area contributed by atoms with Crippen molar-refractivity contribution in [3.63, 3.8) is 0 Å². The van der Waals surface area contributed by atoms with Crippen LogP contribution in [-0.4, -0.2) is 57.5 Å². The molecular formula is C12H22N4O3S. The lowest BCUT2D eigenvalue weighted by atomic mass is 10.4. The molecule has 0 aliphatic carbocycles. The molecule has 114 valence electrons. The molecule has 0 spiro atoms. The molecule has 0 bridgehead atoms. The van der Waals surface area contributed by atoms with Crippen LogP contribution in [0.2, 0.25) is 0 Å². The fourth-order valence-electron chi connectivity index (χ4n) is 1.54. The maximum atomic E-state index is 12.1. The predicted octanol–water partition coefficient (Wildman–Crippen LogP) is -0.387. The van der Waals surface area contributed by atoms with Crippen molar-refractivity contribution < 1.29 is 13.2 Å². The first-order valence-corrected chi connectivity index (χ1v) is 7.72. The van der Waals surface area contributed by atoms with Crippen molar-refractivity contribution in [2.45, 2.75) is 17.9 Å². The summed E-state index contributed by atoms with van der Waals surface area (Å²) < 4.78 is 28.3. The lowest BCUT2D eigenvalue weighted by Gasteiger charge is -2.11. The number of amides is 1. The lowest BCUT2D eigenvalue weighted by molar-refractivity contribution is 0.0818. The first kappa shape index (κ1) is 16.7. The Morgan fingerprint density at radius 3 is 2.55 bits per heavy atom. The fourth-order valence-corrected chi connectivity index (χ4v) is 2.74. The molecule has 1 unspecified atom stereocenters. The minimum Gasteiger partial charge on any atom is -0.345 e. The topological polar surface area (TPSA) is 83.4 Å². The van der Waals surface area contributed by atoms with Crippen molar-refractivity contribution in [3.8, 4) is 0 Å². The van der Waals surface area contributed by atoms with Gasteiger partial charge < -0.3 is 14.8 Å². The highest BCUT2D eigenvalue weighted by molar-refractivity contribution is 7.89. The van der Waals surface area contributed by atoms with Crippen LogP contribution in [0.1, 0.15) is 17.4 Å². The normalized spacial score (nSPS) is 13.2. The Balaban J connectivity index is 2.97. The van der Waals surface area contributed by atoms with Crippen LogP contribution in [0.15, 0.2) is 17.2 Å². The molecule has 0 aliphatic heterocycles. The van der Waals surface area contributed by atoms with Crippen molar-refractivity contribution in [2.75, 3.05) is 27.7 Å². The summed E-state index contributed by atoms with van der Waals surface area (Å²) >= 11 is 0. The number of nitrogens with one attached hydrogen (secondary N) is 2. The number of likely N-dealkylation sites (N-methyl/N-ethyl adjacent to an activating group) is 1. The fraction of sp³-hybridized carbons (Fsp3) is 0.583. The molecule has 0 saturated heterocycles. The van der Waals surface area contributed by atoms with Crippen LogP contribution in [0.5, 0.6) is 0 Å². The summed E-state index contributed by atoms with van der Waals surface area (Å²) in [7, 11) is 3.04. The van der Waals surface area contributed by atoms with Crippen molar-refractivity contribution in [3.05, 3.63) is 18.0 Å². The Kier molecular flexibility index (Phi) is 5.32. The molecule has 8 heteroatoms. The van der Waals surface area contributed by atoms with Gasteiger partial charge in [-0.3, -0.25) is 4.79 Å².